The highest BCUT2D eigenvalue weighted by atomic mass is 15.1. The molecule has 0 aromatic heterocycles. The van der Waals surface area contributed by atoms with Gasteiger partial charge in [-0.1, -0.05) is 161 Å². The van der Waals surface area contributed by atoms with Crippen LogP contribution in [0.25, 0.3) is 86.9 Å². The third kappa shape index (κ3) is 6.12. The number of nitrogens with zero attached hydrogens (tertiary/aromatic N) is 2. The van der Waals surface area contributed by atoms with Gasteiger partial charge in [0.25, 0.3) is 0 Å². The molecule has 0 atom stereocenters. The van der Waals surface area contributed by atoms with Crippen molar-refractivity contribution in [3.63, 3.8) is 0 Å². The van der Waals surface area contributed by atoms with Crippen molar-refractivity contribution >= 4 is 98.8 Å². The van der Waals surface area contributed by atoms with E-state index in [1.165, 1.54) is 109 Å². The van der Waals surface area contributed by atoms with Gasteiger partial charge in [-0.05, 0) is 218 Å². The highest BCUT2D eigenvalue weighted by Crippen LogP contribution is 2.56. The van der Waals surface area contributed by atoms with Gasteiger partial charge in [-0.15, -0.1) is 0 Å². The van der Waals surface area contributed by atoms with Crippen LogP contribution in [0.3, 0.4) is 0 Å². The highest BCUT2D eigenvalue weighted by molar-refractivity contribution is 6.33. The minimum atomic E-state index is -0.238. The molecule has 2 nitrogen and oxygen atoms in total. The molecular formula is C72H52N2. The fourth-order valence-corrected chi connectivity index (χ4v) is 13.3. The van der Waals surface area contributed by atoms with E-state index in [1.807, 2.05) is 0 Å². The van der Waals surface area contributed by atoms with Crippen LogP contribution < -0.4 is 9.80 Å². The van der Waals surface area contributed by atoms with Crippen LogP contribution in [0.4, 0.5) is 34.1 Å². The van der Waals surface area contributed by atoms with Gasteiger partial charge < -0.3 is 9.80 Å². The smallest absolute Gasteiger partial charge is 0.0465 e. The summed E-state index contributed by atoms with van der Waals surface area (Å²) in [5, 5.41) is 15.6. The minimum Gasteiger partial charge on any atom is -0.310 e. The second-order valence-corrected chi connectivity index (χ2v) is 21.6. The predicted molar refractivity (Wildman–Crippen MR) is 316 cm³/mol. The first-order valence-corrected chi connectivity index (χ1v) is 26.1. The van der Waals surface area contributed by atoms with Crippen molar-refractivity contribution in [1.82, 2.24) is 0 Å². The second-order valence-electron chi connectivity index (χ2n) is 21.6. The first-order chi connectivity index (χ1) is 36.2. The predicted octanol–water partition coefficient (Wildman–Crippen LogP) is 20.2. The molecule has 0 heterocycles. The first-order valence-electron chi connectivity index (χ1n) is 26.1. The Morgan fingerprint density at radius 1 is 0.203 bits per heavy atom. The summed E-state index contributed by atoms with van der Waals surface area (Å²) in [5.74, 6) is 0. The largest absolute Gasteiger partial charge is 0.310 e. The van der Waals surface area contributed by atoms with Gasteiger partial charge in [0.15, 0.2) is 0 Å². The Balaban J connectivity index is 0.926. The third-order valence-corrected chi connectivity index (χ3v) is 16.9. The van der Waals surface area contributed by atoms with Crippen LogP contribution in [-0.4, -0.2) is 0 Å². The van der Waals surface area contributed by atoms with E-state index in [1.54, 1.807) is 0 Å². The fourth-order valence-electron chi connectivity index (χ4n) is 13.3. The van der Waals surface area contributed by atoms with E-state index in [-0.39, 0.29) is 10.8 Å². The van der Waals surface area contributed by atoms with Gasteiger partial charge >= 0.3 is 0 Å². The van der Waals surface area contributed by atoms with Gasteiger partial charge in [0, 0.05) is 45.0 Å². The molecule has 0 amide bonds. The summed E-state index contributed by atoms with van der Waals surface area (Å²) in [6, 6.07) is 90.7. The van der Waals surface area contributed by atoms with Crippen LogP contribution in [0.5, 0.6) is 0 Å². The van der Waals surface area contributed by atoms with Crippen molar-refractivity contribution < 1.29 is 0 Å². The summed E-state index contributed by atoms with van der Waals surface area (Å²) in [5.41, 5.74) is 17.2. The molecule has 0 spiro atoms. The summed E-state index contributed by atoms with van der Waals surface area (Å²) < 4.78 is 0. The summed E-state index contributed by atoms with van der Waals surface area (Å²) in [7, 11) is 0. The molecule has 350 valence electrons. The van der Waals surface area contributed by atoms with E-state index in [0.29, 0.717) is 0 Å². The van der Waals surface area contributed by atoms with Crippen molar-refractivity contribution in [3.05, 3.63) is 265 Å². The van der Waals surface area contributed by atoms with E-state index in [9.17, 15) is 0 Å². The molecule has 0 N–H and O–H groups in total. The Kier molecular flexibility index (Phi) is 9.09. The zero-order valence-electron chi connectivity index (χ0n) is 42.0. The lowest BCUT2D eigenvalue weighted by Crippen LogP contribution is -2.16. The van der Waals surface area contributed by atoms with E-state index in [2.05, 4.69) is 280 Å². The molecule has 0 fully saturated rings. The Morgan fingerprint density at radius 3 is 0.784 bits per heavy atom. The SMILES string of the molecule is CC1(C)c2cc(N(c3ccccc3)c3ccccc3)ccc2-c2cc3c4ccccc4c4cc5c6cc7c(cc6c6ccccc6c5cc4c3cc21)-c1ccc(N(c2ccccc2)c2ccccc2)cc1C7(C)C. The zero-order valence-corrected chi connectivity index (χ0v) is 42.0. The van der Waals surface area contributed by atoms with Gasteiger partial charge in [0.2, 0.25) is 0 Å². The maximum absolute atomic E-state index is 2.55. The molecule has 0 saturated carbocycles. The maximum Gasteiger partial charge on any atom is 0.0465 e. The molecule has 0 saturated heterocycles. The quantitative estimate of drug-likeness (QED) is 0.121. The third-order valence-electron chi connectivity index (χ3n) is 16.9. The van der Waals surface area contributed by atoms with Crippen molar-refractivity contribution in [3.8, 4) is 22.3 Å². The molecular weight excluding hydrogens is 893 g/mol. The summed E-state index contributed by atoms with van der Waals surface area (Å²) in [4.78, 5) is 4.76. The number of hydrogen-bond donors (Lipinski definition) is 0. The number of fused-ring (bicyclic) bond motifs is 18. The fraction of sp³-hybridized carbons (Fsp3) is 0.0833. The van der Waals surface area contributed by atoms with Crippen LogP contribution in [0.15, 0.2) is 243 Å². The van der Waals surface area contributed by atoms with Gasteiger partial charge in [0.05, 0.1) is 0 Å². The van der Waals surface area contributed by atoms with Crippen LogP contribution >= 0.6 is 0 Å². The minimum absolute atomic E-state index is 0.238. The number of para-hydroxylation sites is 4. The maximum atomic E-state index is 2.55. The van der Waals surface area contributed by atoms with Crippen molar-refractivity contribution in [2.45, 2.75) is 38.5 Å². The van der Waals surface area contributed by atoms with E-state index >= 15 is 0 Å². The lowest BCUT2D eigenvalue weighted by molar-refractivity contribution is 0.661. The Labute approximate surface area is 432 Å². The molecule has 13 aromatic carbocycles. The average molecular weight is 945 g/mol. The molecule has 0 unspecified atom stereocenters. The van der Waals surface area contributed by atoms with Gasteiger partial charge in [-0.2, -0.15) is 0 Å². The van der Waals surface area contributed by atoms with Gasteiger partial charge in [-0.3, -0.25) is 0 Å². The second kappa shape index (κ2) is 15.8. The Hall–Kier alpha value is -8.98. The molecule has 15 rings (SSSR count). The Morgan fingerprint density at radius 2 is 0.459 bits per heavy atom. The summed E-state index contributed by atoms with van der Waals surface area (Å²) in [6.45, 7) is 9.68. The lowest BCUT2D eigenvalue weighted by atomic mass is 9.80. The zero-order chi connectivity index (χ0) is 49.5. The van der Waals surface area contributed by atoms with Gasteiger partial charge in [-0.25, -0.2) is 0 Å². The normalized spacial score (nSPS) is 13.9. The number of benzene rings is 13. The monoisotopic (exact) mass is 944 g/mol. The van der Waals surface area contributed by atoms with Crippen LogP contribution in [0, 0.1) is 0 Å². The molecule has 0 radical (unpaired) electrons. The number of hydrogen-bond acceptors (Lipinski definition) is 2. The van der Waals surface area contributed by atoms with E-state index in [0.717, 1.165) is 34.1 Å². The first kappa shape index (κ1) is 42.7. The Bertz CT molecular complexity index is 4090. The molecule has 0 bridgehead atoms. The lowest BCUT2D eigenvalue weighted by Gasteiger charge is -2.28. The summed E-state index contributed by atoms with van der Waals surface area (Å²) >= 11 is 0. The topological polar surface area (TPSA) is 6.48 Å². The van der Waals surface area contributed by atoms with Crippen LogP contribution in [0.1, 0.15) is 49.9 Å². The molecule has 74 heavy (non-hydrogen) atoms. The molecule has 2 aliphatic rings. The average Bonchev–Trinajstić information content (AvgIpc) is 3.82. The van der Waals surface area contributed by atoms with Crippen molar-refractivity contribution in [2.75, 3.05) is 9.80 Å². The van der Waals surface area contributed by atoms with Gasteiger partial charge in [0.1, 0.15) is 0 Å². The molecule has 2 heteroatoms. The van der Waals surface area contributed by atoms with Crippen LogP contribution in [-0.2, 0) is 10.8 Å². The van der Waals surface area contributed by atoms with Crippen molar-refractivity contribution in [2.24, 2.45) is 0 Å². The summed E-state index contributed by atoms with van der Waals surface area (Å²) in [6.07, 6.45) is 0. The molecule has 0 aliphatic heterocycles. The standard InChI is InChI=1S/C72H52N2/c1-71(2)67-37-49(73(45-21-9-5-10-22-45)46-23-11-6-12-24-46)33-35-55(67)65-41-59-53-31-19-17-29-51(53)57-40-62-58(39-61(57)63(59)43-69(65)71)52-30-18-20-32-54(52)60-42-66-56-36-34-50(38-68(56)72(3,4)70(66)44-64(60)62)74(47-25-13-7-14-26-47)48-27-15-8-16-28-48/h5-44H,1-4H3. The highest BCUT2D eigenvalue weighted by Gasteiger charge is 2.39. The molecule has 2 aliphatic carbocycles. The van der Waals surface area contributed by atoms with E-state index < -0.39 is 0 Å². The van der Waals surface area contributed by atoms with Crippen LogP contribution in [0.2, 0.25) is 0 Å². The number of anilines is 6. The van der Waals surface area contributed by atoms with Crippen molar-refractivity contribution in [1.29, 1.82) is 0 Å². The van der Waals surface area contributed by atoms with E-state index in [4.69, 9.17) is 0 Å². The number of rotatable bonds is 6. The molecule has 13 aromatic rings.